The van der Waals surface area contributed by atoms with Gasteiger partial charge in [-0.1, -0.05) is 0 Å². The summed E-state index contributed by atoms with van der Waals surface area (Å²) in [5.41, 5.74) is 1.03. The molecule has 0 saturated heterocycles. The minimum Gasteiger partial charge on any atom is -0.242 e. The molecule has 0 aliphatic carbocycles. The van der Waals surface area contributed by atoms with Crippen molar-refractivity contribution < 1.29 is 0 Å². The zero-order valence-electron chi connectivity index (χ0n) is 5.30. The number of hydrogen-bond donors (Lipinski definition) is 0. The van der Waals surface area contributed by atoms with E-state index in [4.69, 9.17) is 5.26 Å². The molecule has 0 spiro atoms. The third-order valence-corrected chi connectivity index (χ3v) is 1.41. The molecule has 1 aromatic heterocycles. The highest BCUT2D eigenvalue weighted by Crippen LogP contribution is 2.06. The predicted octanol–water partition coefficient (Wildman–Crippen LogP) is 1.42. The van der Waals surface area contributed by atoms with Crippen LogP contribution in [-0.2, 0) is 0 Å². The molecular formula is C6H4BrN3. The van der Waals surface area contributed by atoms with E-state index in [9.17, 15) is 0 Å². The van der Waals surface area contributed by atoms with Gasteiger partial charge in [-0.05, 0) is 22.9 Å². The minimum absolute atomic E-state index is 0.378. The molecule has 0 fully saturated rings. The third kappa shape index (κ3) is 1.31. The van der Waals surface area contributed by atoms with Crippen LogP contribution in [0.1, 0.15) is 11.4 Å². The zero-order valence-corrected chi connectivity index (χ0v) is 6.88. The Morgan fingerprint density at radius 3 is 2.90 bits per heavy atom. The molecule has 50 valence electrons. The van der Waals surface area contributed by atoms with Gasteiger partial charge in [-0.25, -0.2) is 9.97 Å². The van der Waals surface area contributed by atoms with Crippen molar-refractivity contribution in [3.8, 4) is 6.07 Å². The van der Waals surface area contributed by atoms with Gasteiger partial charge in [0.15, 0.2) is 5.69 Å². The maximum atomic E-state index is 8.44. The van der Waals surface area contributed by atoms with E-state index < -0.39 is 0 Å². The molecule has 0 amide bonds. The fourth-order valence-corrected chi connectivity index (χ4v) is 0.931. The Balaban J connectivity index is 3.23. The van der Waals surface area contributed by atoms with Crippen molar-refractivity contribution in [2.75, 3.05) is 0 Å². The van der Waals surface area contributed by atoms with Gasteiger partial charge in [0, 0.05) is 0 Å². The summed E-state index contributed by atoms with van der Waals surface area (Å²) in [7, 11) is 0. The highest BCUT2D eigenvalue weighted by molar-refractivity contribution is 9.10. The van der Waals surface area contributed by atoms with Gasteiger partial charge in [0.1, 0.15) is 10.7 Å². The van der Waals surface area contributed by atoms with Gasteiger partial charge in [-0.15, -0.1) is 0 Å². The van der Waals surface area contributed by atoms with Gasteiger partial charge in [0.05, 0.1) is 11.9 Å². The SMILES string of the molecule is Cc1nc(Br)cnc1C#N. The summed E-state index contributed by atoms with van der Waals surface area (Å²) in [6.45, 7) is 1.75. The van der Waals surface area contributed by atoms with E-state index in [0.717, 1.165) is 0 Å². The summed E-state index contributed by atoms with van der Waals surface area (Å²) in [5.74, 6) is 0. The molecule has 0 aliphatic heterocycles. The number of nitrogens with zero attached hydrogens (tertiary/aromatic N) is 3. The molecule has 3 nitrogen and oxygen atoms in total. The van der Waals surface area contributed by atoms with E-state index in [1.807, 2.05) is 6.07 Å². The maximum Gasteiger partial charge on any atom is 0.161 e. The second-order valence-electron chi connectivity index (χ2n) is 1.74. The standard InChI is InChI=1S/C6H4BrN3/c1-4-5(2-8)9-3-6(7)10-4/h3H,1H3. The van der Waals surface area contributed by atoms with Crippen LogP contribution in [0.4, 0.5) is 0 Å². The molecule has 0 N–H and O–H groups in total. The molecule has 1 aromatic rings. The van der Waals surface area contributed by atoms with Crippen LogP contribution in [0, 0.1) is 18.3 Å². The molecule has 0 saturated carbocycles. The highest BCUT2D eigenvalue weighted by atomic mass is 79.9. The first-order valence-corrected chi connectivity index (χ1v) is 3.42. The van der Waals surface area contributed by atoms with Gasteiger partial charge in [-0.2, -0.15) is 5.26 Å². The largest absolute Gasteiger partial charge is 0.242 e. The number of aryl methyl sites for hydroxylation is 1. The molecule has 1 rings (SSSR count). The van der Waals surface area contributed by atoms with Crippen LogP contribution in [-0.4, -0.2) is 9.97 Å². The average Bonchev–Trinajstić information content (AvgIpc) is 1.88. The van der Waals surface area contributed by atoms with Crippen LogP contribution in [0.25, 0.3) is 0 Å². The second-order valence-corrected chi connectivity index (χ2v) is 2.55. The lowest BCUT2D eigenvalue weighted by Gasteiger charge is -1.93. The lowest BCUT2D eigenvalue weighted by atomic mass is 10.3. The van der Waals surface area contributed by atoms with Crippen molar-refractivity contribution in [2.45, 2.75) is 6.92 Å². The van der Waals surface area contributed by atoms with Gasteiger partial charge in [0.25, 0.3) is 0 Å². The first-order chi connectivity index (χ1) is 4.74. The Hall–Kier alpha value is -0.950. The van der Waals surface area contributed by atoms with Gasteiger partial charge < -0.3 is 0 Å². The summed E-state index contributed by atoms with van der Waals surface area (Å²) >= 11 is 3.14. The smallest absolute Gasteiger partial charge is 0.161 e. The first kappa shape index (κ1) is 7.16. The van der Waals surface area contributed by atoms with E-state index in [2.05, 4.69) is 25.9 Å². The fourth-order valence-electron chi connectivity index (χ4n) is 0.563. The number of rotatable bonds is 0. The summed E-state index contributed by atoms with van der Waals surface area (Å²) in [4.78, 5) is 7.80. The molecule has 0 aliphatic rings. The molecular weight excluding hydrogens is 194 g/mol. The Kier molecular flexibility index (Phi) is 1.97. The monoisotopic (exact) mass is 197 g/mol. The Labute approximate surface area is 66.9 Å². The van der Waals surface area contributed by atoms with Crippen molar-refractivity contribution in [1.29, 1.82) is 5.26 Å². The van der Waals surface area contributed by atoms with Crippen LogP contribution in [0.15, 0.2) is 10.8 Å². The summed E-state index contributed by atoms with van der Waals surface area (Å²) in [6, 6.07) is 1.93. The quantitative estimate of drug-likeness (QED) is 0.633. The molecule has 10 heavy (non-hydrogen) atoms. The van der Waals surface area contributed by atoms with E-state index >= 15 is 0 Å². The third-order valence-electron chi connectivity index (χ3n) is 1.02. The predicted molar refractivity (Wildman–Crippen MR) is 39.2 cm³/mol. The molecule has 0 aromatic carbocycles. The van der Waals surface area contributed by atoms with Crippen molar-refractivity contribution in [2.24, 2.45) is 0 Å². The van der Waals surface area contributed by atoms with Gasteiger partial charge in [-0.3, -0.25) is 0 Å². The Morgan fingerprint density at radius 1 is 1.70 bits per heavy atom. The normalized spacial score (nSPS) is 8.90. The molecule has 1 heterocycles. The second kappa shape index (κ2) is 2.76. The number of aromatic nitrogens is 2. The van der Waals surface area contributed by atoms with Crippen molar-refractivity contribution in [1.82, 2.24) is 9.97 Å². The van der Waals surface area contributed by atoms with Crippen LogP contribution < -0.4 is 0 Å². The van der Waals surface area contributed by atoms with Crippen LogP contribution >= 0.6 is 15.9 Å². The summed E-state index contributed by atoms with van der Waals surface area (Å²) < 4.78 is 0.656. The summed E-state index contributed by atoms with van der Waals surface area (Å²) in [5, 5.41) is 8.44. The fraction of sp³-hybridized carbons (Fsp3) is 0.167. The van der Waals surface area contributed by atoms with Crippen LogP contribution in [0.3, 0.4) is 0 Å². The highest BCUT2D eigenvalue weighted by Gasteiger charge is 1.98. The zero-order chi connectivity index (χ0) is 7.56. The van der Waals surface area contributed by atoms with E-state index in [-0.39, 0.29) is 0 Å². The molecule has 0 unspecified atom stereocenters. The molecule has 0 bridgehead atoms. The van der Waals surface area contributed by atoms with Crippen LogP contribution in [0.5, 0.6) is 0 Å². The maximum absolute atomic E-state index is 8.44. The Morgan fingerprint density at radius 2 is 2.40 bits per heavy atom. The number of nitriles is 1. The number of halogens is 1. The van der Waals surface area contributed by atoms with Crippen molar-refractivity contribution in [3.63, 3.8) is 0 Å². The van der Waals surface area contributed by atoms with E-state index in [1.165, 1.54) is 6.20 Å². The first-order valence-electron chi connectivity index (χ1n) is 2.63. The topological polar surface area (TPSA) is 49.6 Å². The molecule has 4 heteroatoms. The number of hydrogen-bond acceptors (Lipinski definition) is 3. The van der Waals surface area contributed by atoms with E-state index in [1.54, 1.807) is 6.92 Å². The Bertz CT molecular complexity index is 290. The lowest BCUT2D eigenvalue weighted by molar-refractivity contribution is 1.06. The van der Waals surface area contributed by atoms with Crippen molar-refractivity contribution in [3.05, 3.63) is 22.2 Å². The lowest BCUT2D eigenvalue weighted by Crippen LogP contribution is -1.91. The average molecular weight is 198 g/mol. The van der Waals surface area contributed by atoms with Gasteiger partial charge >= 0.3 is 0 Å². The van der Waals surface area contributed by atoms with Crippen molar-refractivity contribution >= 4 is 15.9 Å². The van der Waals surface area contributed by atoms with Gasteiger partial charge in [0.2, 0.25) is 0 Å². The molecule has 0 atom stereocenters. The van der Waals surface area contributed by atoms with E-state index in [0.29, 0.717) is 16.0 Å². The minimum atomic E-state index is 0.378. The summed E-state index contributed by atoms with van der Waals surface area (Å²) in [6.07, 6.45) is 1.51. The molecule has 0 radical (unpaired) electrons. The van der Waals surface area contributed by atoms with Crippen LogP contribution in [0.2, 0.25) is 0 Å².